The molecule has 140 valence electrons. The lowest BCUT2D eigenvalue weighted by Crippen LogP contribution is -2.49. The van der Waals surface area contributed by atoms with Crippen LogP contribution < -0.4 is 15.0 Å². The van der Waals surface area contributed by atoms with E-state index < -0.39 is 5.54 Å². The van der Waals surface area contributed by atoms with Crippen molar-refractivity contribution in [2.45, 2.75) is 37.8 Å². The van der Waals surface area contributed by atoms with Crippen LogP contribution in [-0.2, 0) is 11.3 Å². The molecular formula is C22H25N3O2. The Labute approximate surface area is 160 Å². The topological polar surface area (TPSA) is 65.4 Å². The van der Waals surface area contributed by atoms with E-state index in [1.165, 1.54) is 0 Å². The van der Waals surface area contributed by atoms with Crippen LogP contribution in [0.15, 0.2) is 54.6 Å². The van der Waals surface area contributed by atoms with E-state index >= 15 is 0 Å². The number of nitrogens with one attached hydrogen (secondary N) is 1. The van der Waals surface area contributed by atoms with Crippen molar-refractivity contribution in [1.29, 1.82) is 5.26 Å². The number of rotatable bonds is 7. The third kappa shape index (κ3) is 4.79. The van der Waals surface area contributed by atoms with Crippen LogP contribution in [0.25, 0.3) is 0 Å². The summed E-state index contributed by atoms with van der Waals surface area (Å²) in [6.45, 7) is 0.810. The molecule has 1 amide bonds. The predicted molar refractivity (Wildman–Crippen MR) is 105 cm³/mol. The first-order valence-electron chi connectivity index (χ1n) is 9.29. The number of ether oxygens (including phenoxy) is 1. The molecule has 0 aliphatic heterocycles. The molecule has 2 aromatic rings. The van der Waals surface area contributed by atoms with Crippen molar-refractivity contribution >= 4 is 11.6 Å². The van der Waals surface area contributed by atoms with Gasteiger partial charge in [0.2, 0.25) is 5.91 Å². The van der Waals surface area contributed by atoms with Gasteiger partial charge in [-0.1, -0.05) is 30.3 Å². The van der Waals surface area contributed by atoms with Crippen LogP contribution in [-0.4, -0.2) is 25.1 Å². The van der Waals surface area contributed by atoms with Crippen molar-refractivity contribution in [3.63, 3.8) is 0 Å². The lowest BCUT2D eigenvalue weighted by molar-refractivity contribution is -0.121. The summed E-state index contributed by atoms with van der Waals surface area (Å²) in [5.74, 6) is 0.655. The van der Waals surface area contributed by atoms with Crippen molar-refractivity contribution in [3.8, 4) is 11.8 Å². The highest BCUT2D eigenvalue weighted by Crippen LogP contribution is 2.29. The Bertz CT molecular complexity index is 791. The Hall–Kier alpha value is -3.00. The minimum Gasteiger partial charge on any atom is -0.497 e. The average Bonchev–Trinajstić information content (AvgIpc) is 3.17. The summed E-state index contributed by atoms with van der Waals surface area (Å²) >= 11 is 0. The smallest absolute Gasteiger partial charge is 0.240 e. The Morgan fingerprint density at radius 1 is 1.15 bits per heavy atom. The zero-order chi connectivity index (χ0) is 19.1. The van der Waals surface area contributed by atoms with Crippen LogP contribution in [0.4, 0.5) is 5.69 Å². The molecule has 1 saturated carbocycles. The van der Waals surface area contributed by atoms with Crippen LogP contribution in [0.2, 0.25) is 0 Å². The van der Waals surface area contributed by atoms with Gasteiger partial charge >= 0.3 is 0 Å². The summed E-state index contributed by atoms with van der Waals surface area (Å²) in [5, 5.41) is 12.5. The molecular weight excluding hydrogens is 338 g/mol. The molecule has 0 heterocycles. The lowest BCUT2D eigenvalue weighted by Gasteiger charge is -2.28. The second-order valence-corrected chi connectivity index (χ2v) is 6.99. The summed E-state index contributed by atoms with van der Waals surface area (Å²) < 4.78 is 5.23. The van der Waals surface area contributed by atoms with Gasteiger partial charge in [0.25, 0.3) is 0 Å². The SMILES string of the molecule is COc1ccc(N(CC(=O)NC2(C#N)CCCC2)Cc2ccccc2)cc1. The largest absolute Gasteiger partial charge is 0.497 e. The first-order chi connectivity index (χ1) is 13.1. The number of carbonyl (C=O) groups is 1. The summed E-state index contributed by atoms with van der Waals surface area (Å²) in [4.78, 5) is 14.7. The maximum absolute atomic E-state index is 12.7. The van der Waals surface area contributed by atoms with Crippen molar-refractivity contribution in [3.05, 3.63) is 60.2 Å². The van der Waals surface area contributed by atoms with Gasteiger partial charge in [0, 0.05) is 12.2 Å². The zero-order valence-corrected chi connectivity index (χ0v) is 15.6. The number of nitriles is 1. The first kappa shape index (κ1) is 18.8. The zero-order valence-electron chi connectivity index (χ0n) is 15.6. The van der Waals surface area contributed by atoms with Gasteiger partial charge in [0.1, 0.15) is 11.3 Å². The van der Waals surface area contributed by atoms with Gasteiger partial charge < -0.3 is 15.0 Å². The third-order valence-corrected chi connectivity index (χ3v) is 5.04. The van der Waals surface area contributed by atoms with Gasteiger partial charge in [-0.2, -0.15) is 5.26 Å². The molecule has 0 spiro atoms. The van der Waals surface area contributed by atoms with E-state index in [2.05, 4.69) is 11.4 Å². The fraction of sp³-hybridized carbons (Fsp3) is 0.364. The fourth-order valence-electron chi connectivity index (χ4n) is 3.56. The standard InChI is InChI=1S/C22H25N3O2/c1-27-20-11-9-19(10-12-20)25(15-18-7-3-2-4-8-18)16-21(26)24-22(17-23)13-5-6-14-22/h2-4,7-12H,5-6,13-16H2,1H3,(H,24,26). The molecule has 5 heteroatoms. The maximum atomic E-state index is 12.7. The average molecular weight is 363 g/mol. The maximum Gasteiger partial charge on any atom is 0.240 e. The van der Waals surface area contributed by atoms with E-state index in [0.29, 0.717) is 6.54 Å². The predicted octanol–water partition coefficient (Wildman–Crippen LogP) is 3.65. The number of anilines is 1. The molecule has 27 heavy (non-hydrogen) atoms. The van der Waals surface area contributed by atoms with E-state index in [1.54, 1.807) is 7.11 Å². The Kier molecular flexibility index (Phi) is 5.97. The number of amides is 1. The van der Waals surface area contributed by atoms with Crippen molar-refractivity contribution < 1.29 is 9.53 Å². The van der Waals surface area contributed by atoms with Crippen LogP contribution in [0.5, 0.6) is 5.75 Å². The van der Waals surface area contributed by atoms with E-state index in [9.17, 15) is 10.1 Å². The minimum absolute atomic E-state index is 0.120. The van der Waals surface area contributed by atoms with Gasteiger partial charge in [-0.15, -0.1) is 0 Å². The second kappa shape index (κ2) is 8.59. The number of hydrogen-bond acceptors (Lipinski definition) is 4. The van der Waals surface area contributed by atoms with Crippen LogP contribution in [0.1, 0.15) is 31.2 Å². The second-order valence-electron chi connectivity index (χ2n) is 6.99. The highest BCUT2D eigenvalue weighted by molar-refractivity contribution is 5.82. The van der Waals surface area contributed by atoms with Crippen molar-refractivity contribution in [2.24, 2.45) is 0 Å². The molecule has 0 aromatic heterocycles. The van der Waals surface area contributed by atoms with Crippen LogP contribution in [0.3, 0.4) is 0 Å². The molecule has 0 atom stereocenters. The Morgan fingerprint density at radius 3 is 2.41 bits per heavy atom. The Morgan fingerprint density at radius 2 is 1.81 bits per heavy atom. The van der Waals surface area contributed by atoms with Gasteiger partial charge in [0.05, 0.1) is 19.7 Å². The first-order valence-corrected chi connectivity index (χ1v) is 9.29. The summed E-state index contributed by atoms with van der Waals surface area (Å²) in [6, 6.07) is 20.0. The van der Waals surface area contributed by atoms with Gasteiger partial charge in [-0.25, -0.2) is 0 Å². The molecule has 5 nitrogen and oxygen atoms in total. The molecule has 0 radical (unpaired) electrons. The summed E-state index contributed by atoms with van der Waals surface area (Å²) in [5.41, 5.74) is 1.36. The Balaban J connectivity index is 1.76. The molecule has 1 aliphatic carbocycles. The molecule has 1 aliphatic rings. The molecule has 0 unspecified atom stereocenters. The minimum atomic E-state index is -0.699. The van der Waals surface area contributed by atoms with Crippen LogP contribution >= 0.6 is 0 Å². The molecule has 2 aromatic carbocycles. The molecule has 3 rings (SSSR count). The normalized spacial score (nSPS) is 15.0. The highest BCUT2D eigenvalue weighted by Gasteiger charge is 2.35. The van der Waals surface area contributed by atoms with E-state index in [1.807, 2.05) is 59.5 Å². The molecule has 1 fully saturated rings. The highest BCUT2D eigenvalue weighted by atomic mass is 16.5. The quantitative estimate of drug-likeness (QED) is 0.815. The van der Waals surface area contributed by atoms with Gasteiger partial charge in [-0.05, 0) is 55.5 Å². The van der Waals surface area contributed by atoms with E-state index in [0.717, 1.165) is 42.7 Å². The van der Waals surface area contributed by atoms with Crippen molar-refractivity contribution in [1.82, 2.24) is 5.32 Å². The number of nitrogens with zero attached hydrogens (tertiary/aromatic N) is 2. The van der Waals surface area contributed by atoms with Gasteiger partial charge in [0.15, 0.2) is 0 Å². The van der Waals surface area contributed by atoms with Crippen molar-refractivity contribution in [2.75, 3.05) is 18.6 Å². The van der Waals surface area contributed by atoms with Crippen LogP contribution in [0, 0.1) is 11.3 Å². The molecule has 1 N–H and O–H groups in total. The molecule has 0 saturated heterocycles. The third-order valence-electron chi connectivity index (χ3n) is 5.04. The summed E-state index contributed by atoms with van der Waals surface area (Å²) in [7, 11) is 1.63. The lowest BCUT2D eigenvalue weighted by atomic mass is 10.00. The van der Waals surface area contributed by atoms with Gasteiger partial charge in [-0.3, -0.25) is 4.79 Å². The molecule has 0 bridgehead atoms. The number of methoxy groups -OCH3 is 1. The fourth-order valence-corrected chi connectivity index (χ4v) is 3.56. The number of carbonyl (C=O) groups excluding carboxylic acids is 1. The number of benzene rings is 2. The monoisotopic (exact) mass is 363 g/mol. The van der Waals surface area contributed by atoms with E-state index in [4.69, 9.17) is 4.74 Å². The summed E-state index contributed by atoms with van der Waals surface area (Å²) in [6.07, 6.45) is 3.44. The number of hydrogen-bond donors (Lipinski definition) is 1. The van der Waals surface area contributed by atoms with E-state index in [-0.39, 0.29) is 12.5 Å².